The highest BCUT2D eigenvalue weighted by Crippen LogP contribution is 2.28. The van der Waals surface area contributed by atoms with Crippen molar-refractivity contribution in [1.29, 1.82) is 0 Å². The van der Waals surface area contributed by atoms with Gasteiger partial charge in [-0.05, 0) is 30.7 Å². The van der Waals surface area contributed by atoms with Crippen LogP contribution in [0, 0.1) is 0 Å². The molecule has 120 valence electrons. The first-order valence-corrected chi connectivity index (χ1v) is 7.76. The van der Waals surface area contributed by atoms with Crippen molar-refractivity contribution in [3.63, 3.8) is 0 Å². The fourth-order valence-electron chi connectivity index (χ4n) is 2.80. The molecule has 0 aromatic carbocycles. The molecule has 0 saturated carbocycles. The highest BCUT2D eigenvalue weighted by Gasteiger charge is 2.32. The average molecular weight is 321 g/mol. The van der Waals surface area contributed by atoms with E-state index < -0.39 is 0 Å². The predicted molar refractivity (Wildman–Crippen MR) is 85.0 cm³/mol. The number of amides is 1. The van der Waals surface area contributed by atoms with Gasteiger partial charge in [-0.3, -0.25) is 14.8 Å². The maximum absolute atomic E-state index is 12.4. The Labute approximate surface area is 138 Å². The van der Waals surface area contributed by atoms with Crippen LogP contribution in [0.1, 0.15) is 28.7 Å². The standard InChI is InChI=1S/C17H15N5O2/c23-17(14-6-2-4-9-19-14)22-10-7-12(11-22)16-20-15(21-24-16)13-5-1-3-8-18-13/h1-6,8-9,12H,7,10-11H2. The molecule has 3 aromatic heterocycles. The molecule has 1 unspecified atom stereocenters. The summed E-state index contributed by atoms with van der Waals surface area (Å²) in [6.45, 7) is 1.21. The number of hydrogen-bond donors (Lipinski definition) is 0. The van der Waals surface area contributed by atoms with Crippen LogP contribution in [0.2, 0.25) is 0 Å². The Bertz CT molecular complexity index is 834. The van der Waals surface area contributed by atoms with Crippen molar-refractivity contribution in [2.45, 2.75) is 12.3 Å². The Morgan fingerprint density at radius 2 is 1.96 bits per heavy atom. The Kier molecular flexibility index (Phi) is 3.74. The lowest BCUT2D eigenvalue weighted by Crippen LogP contribution is -2.29. The van der Waals surface area contributed by atoms with Crippen molar-refractivity contribution in [2.24, 2.45) is 0 Å². The van der Waals surface area contributed by atoms with E-state index in [0.717, 1.165) is 6.42 Å². The topological polar surface area (TPSA) is 85.0 Å². The van der Waals surface area contributed by atoms with Gasteiger partial charge < -0.3 is 9.42 Å². The SMILES string of the molecule is O=C(c1ccccn1)N1CCC(c2nc(-c3ccccn3)no2)C1. The number of carbonyl (C=O) groups is 1. The second-order valence-electron chi connectivity index (χ2n) is 5.62. The minimum absolute atomic E-state index is 0.0441. The summed E-state index contributed by atoms with van der Waals surface area (Å²) in [5, 5.41) is 3.99. The van der Waals surface area contributed by atoms with Gasteiger partial charge in [0, 0.05) is 25.5 Å². The van der Waals surface area contributed by atoms with Crippen molar-refractivity contribution in [3.05, 3.63) is 60.4 Å². The molecule has 7 nitrogen and oxygen atoms in total. The van der Waals surface area contributed by atoms with E-state index in [-0.39, 0.29) is 11.8 Å². The summed E-state index contributed by atoms with van der Waals surface area (Å²) in [6.07, 6.45) is 4.11. The lowest BCUT2D eigenvalue weighted by atomic mass is 10.1. The number of pyridine rings is 2. The molecule has 0 aliphatic carbocycles. The van der Waals surface area contributed by atoms with Crippen LogP contribution < -0.4 is 0 Å². The first-order valence-electron chi connectivity index (χ1n) is 7.76. The van der Waals surface area contributed by atoms with E-state index in [1.54, 1.807) is 29.4 Å². The van der Waals surface area contributed by atoms with Gasteiger partial charge in [0.1, 0.15) is 11.4 Å². The molecular formula is C17H15N5O2. The average Bonchev–Trinajstić information content (AvgIpc) is 3.32. The summed E-state index contributed by atoms with van der Waals surface area (Å²) in [6, 6.07) is 10.9. The van der Waals surface area contributed by atoms with Crippen LogP contribution in [0.25, 0.3) is 11.5 Å². The van der Waals surface area contributed by atoms with Crippen LogP contribution in [0.3, 0.4) is 0 Å². The Morgan fingerprint density at radius 1 is 1.12 bits per heavy atom. The quantitative estimate of drug-likeness (QED) is 0.735. The largest absolute Gasteiger partial charge is 0.339 e. The highest BCUT2D eigenvalue weighted by molar-refractivity contribution is 5.92. The number of carbonyl (C=O) groups excluding carboxylic acids is 1. The van der Waals surface area contributed by atoms with Gasteiger partial charge in [-0.1, -0.05) is 17.3 Å². The zero-order chi connectivity index (χ0) is 16.4. The number of rotatable bonds is 3. The third-order valence-corrected chi connectivity index (χ3v) is 4.04. The van der Waals surface area contributed by atoms with Crippen LogP contribution in [0.5, 0.6) is 0 Å². The molecule has 0 spiro atoms. The molecule has 4 heterocycles. The molecule has 7 heteroatoms. The molecule has 0 N–H and O–H groups in total. The minimum Gasteiger partial charge on any atom is -0.339 e. The molecule has 1 atom stereocenters. The summed E-state index contributed by atoms with van der Waals surface area (Å²) >= 11 is 0. The molecule has 24 heavy (non-hydrogen) atoms. The van der Waals surface area contributed by atoms with Gasteiger partial charge >= 0.3 is 0 Å². The summed E-state index contributed by atoms with van der Waals surface area (Å²) in [7, 11) is 0. The Morgan fingerprint density at radius 3 is 2.71 bits per heavy atom. The van der Waals surface area contributed by atoms with Gasteiger partial charge in [0.25, 0.3) is 5.91 Å². The van der Waals surface area contributed by atoms with Crippen LogP contribution >= 0.6 is 0 Å². The van der Waals surface area contributed by atoms with E-state index in [2.05, 4.69) is 20.1 Å². The van der Waals surface area contributed by atoms with Crippen molar-refractivity contribution >= 4 is 5.91 Å². The fraction of sp³-hybridized carbons (Fsp3) is 0.235. The van der Waals surface area contributed by atoms with E-state index >= 15 is 0 Å². The second kappa shape index (κ2) is 6.19. The lowest BCUT2D eigenvalue weighted by molar-refractivity contribution is 0.0784. The van der Waals surface area contributed by atoms with Gasteiger partial charge in [0.2, 0.25) is 11.7 Å². The second-order valence-corrected chi connectivity index (χ2v) is 5.62. The first kappa shape index (κ1) is 14.5. The summed E-state index contributed by atoms with van der Waals surface area (Å²) < 4.78 is 5.38. The van der Waals surface area contributed by atoms with Gasteiger partial charge in [-0.25, -0.2) is 0 Å². The summed E-state index contributed by atoms with van der Waals surface area (Å²) in [5.41, 5.74) is 1.13. The number of nitrogens with zero attached hydrogens (tertiary/aromatic N) is 5. The van der Waals surface area contributed by atoms with Crippen LogP contribution in [0.4, 0.5) is 0 Å². The zero-order valence-electron chi connectivity index (χ0n) is 12.9. The van der Waals surface area contributed by atoms with Crippen molar-refractivity contribution < 1.29 is 9.32 Å². The molecule has 1 saturated heterocycles. The highest BCUT2D eigenvalue weighted by atomic mass is 16.5. The number of aromatic nitrogens is 4. The van der Waals surface area contributed by atoms with Gasteiger partial charge in [0.05, 0.1) is 5.92 Å². The molecule has 1 amide bonds. The monoisotopic (exact) mass is 321 g/mol. The third-order valence-electron chi connectivity index (χ3n) is 4.04. The van der Waals surface area contributed by atoms with Crippen LogP contribution in [-0.2, 0) is 0 Å². The molecule has 1 aliphatic rings. The van der Waals surface area contributed by atoms with Crippen molar-refractivity contribution in [1.82, 2.24) is 25.0 Å². The smallest absolute Gasteiger partial charge is 0.272 e. The predicted octanol–water partition coefficient (Wildman–Crippen LogP) is 2.16. The lowest BCUT2D eigenvalue weighted by Gasteiger charge is -2.14. The normalized spacial score (nSPS) is 17.2. The molecule has 0 bridgehead atoms. The molecule has 0 radical (unpaired) electrons. The summed E-state index contributed by atoms with van der Waals surface area (Å²) in [4.78, 5) is 27.0. The zero-order valence-corrected chi connectivity index (χ0v) is 12.9. The fourth-order valence-corrected chi connectivity index (χ4v) is 2.80. The Hall–Kier alpha value is -3.09. The maximum Gasteiger partial charge on any atom is 0.272 e. The van der Waals surface area contributed by atoms with E-state index in [0.29, 0.717) is 36.2 Å². The number of likely N-dealkylation sites (tertiary alicyclic amines) is 1. The van der Waals surface area contributed by atoms with Gasteiger partial charge in [-0.15, -0.1) is 0 Å². The van der Waals surface area contributed by atoms with Gasteiger partial charge in [0.15, 0.2) is 0 Å². The van der Waals surface area contributed by atoms with Crippen molar-refractivity contribution in [3.8, 4) is 11.5 Å². The van der Waals surface area contributed by atoms with E-state index in [1.165, 1.54) is 0 Å². The summed E-state index contributed by atoms with van der Waals surface area (Å²) in [5.74, 6) is 0.997. The van der Waals surface area contributed by atoms with Gasteiger partial charge in [-0.2, -0.15) is 4.98 Å². The minimum atomic E-state index is -0.0671. The third kappa shape index (κ3) is 2.76. The van der Waals surface area contributed by atoms with E-state index in [9.17, 15) is 4.79 Å². The molecule has 1 fully saturated rings. The maximum atomic E-state index is 12.4. The first-order chi connectivity index (χ1) is 11.8. The van der Waals surface area contributed by atoms with Crippen LogP contribution in [-0.4, -0.2) is 44.0 Å². The van der Waals surface area contributed by atoms with E-state index in [1.807, 2.05) is 24.3 Å². The Balaban J connectivity index is 1.48. The molecular weight excluding hydrogens is 306 g/mol. The van der Waals surface area contributed by atoms with Crippen molar-refractivity contribution in [2.75, 3.05) is 13.1 Å². The molecule has 3 aromatic rings. The van der Waals surface area contributed by atoms with Crippen LogP contribution in [0.15, 0.2) is 53.3 Å². The molecule has 4 rings (SSSR count). The number of hydrogen-bond acceptors (Lipinski definition) is 6. The molecule has 1 aliphatic heterocycles. The van der Waals surface area contributed by atoms with E-state index in [4.69, 9.17) is 4.52 Å².